The van der Waals surface area contributed by atoms with Gasteiger partial charge >= 0.3 is 5.97 Å². The molecule has 0 amide bonds. The highest BCUT2D eigenvalue weighted by atomic mass is 19.1. The number of aliphatic hydroxyl groups is 1. The molecule has 2 aliphatic heterocycles. The fourth-order valence-corrected chi connectivity index (χ4v) is 6.11. The maximum Gasteiger partial charge on any atom is 0.343 e. The van der Waals surface area contributed by atoms with Gasteiger partial charge in [-0.05, 0) is 48.9 Å². The number of nitrogens with zero attached hydrogens (tertiary/aromatic N) is 2. The Balaban J connectivity index is 1.63. The van der Waals surface area contributed by atoms with Gasteiger partial charge in [0.25, 0.3) is 5.56 Å². The Bertz CT molecular complexity index is 1540. The SMILES string of the molecule is C=CCOCC1CCc2c(C)c(F)cc3nc4c(c1c23)Cn1c-4cc2c(c1=O)COC(=O)[C@]2(O)CC. The highest BCUT2D eigenvalue weighted by Gasteiger charge is 2.45. The standard InChI is InChI=1S/C28H27FN2O5/c1-4-8-35-12-15-6-7-16-14(3)20(29)10-21-24(16)23(15)17-11-31-22(25(17)30-21)9-19-18(26(31)32)13-36-27(33)28(19,34)5-2/h4,9-10,15,34H,1,5-8,11-13H2,2-3H3/t15?,28-/m0/s1. The van der Waals surface area contributed by atoms with Gasteiger partial charge in [0.1, 0.15) is 12.4 Å². The van der Waals surface area contributed by atoms with Crippen LogP contribution < -0.4 is 5.56 Å². The van der Waals surface area contributed by atoms with Crippen molar-refractivity contribution >= 4 is 16.9 Å². The van der Waals surface area contributed by atoms with Crippen molar-refractivity contribution in [3.05, 3.63) is 74.3 Å². The van der Waals surface area contributed by atoms with E-state index in [9.17, 15) is 19.1 Å². The number of hydrogen-bond donors (Lipinski definition) is 1. The first-order valence-electron chi connectivity index (χ1n) is 12.3. The van der Waals surface area contributed by atoms with Crippen LogP contribution in [0, 0.1) is 12.7 Å². The highest BCUT2D eigenvalue weighted by molar-refractivity contribution is 5.93. The number of hydrogen-bond acceptors (Lipinski definition) is 6. The lowest BCUT2D eigenvalue weighted by atomic mass is 9.78. The zero-order chi connectivity index (χ0) is 25.4. The Morgan fingerprint density at radius 3 is 2.89 bits per heavy atom. The lowest BCUT2D eigenvalue weighted by molar-refractivity contribution is -0.172. The molecular weight excluding hydrogens is 463 g/mol. The first-order valence-corrected chi connectivity index (χ1v) is 12.3. The third-order valence-corrected chi connectivity index (χ3v) is 8.05. The van der Waals surface area contributed by atoms with Crippen molar-refractivity contribution in [2.24, 2.45) is 0 Å². The Morgan fingerprint density at radius 1 is 1.33 bits per heavy atom. The molecule has 0 fully saturated rings. The zero-order valence-corrected chi connectivity index (χ0v) is 20.3. The molecule has 0 saturated carbocycles. The van der Waals surface area contributed by atoms with E-state index in [0.29, 0.717) is 42.2 Å². The molecule has 1 aromatic carbocycles. The summed E-state index contributed by atoms with van der Waals surface area (Å²) in [5.74, 6) is -1.01. The topological polar surface area (TPSA) is 90.7 Å². The minimum Gasteiger partial charge on any atom is -0.458 e. The van der Waals surface area contributed by atoms with E-state index >= 15 is 0 Å². The summed E-state index contributed by atoms with van der Waals surface area (Å²) in [6.07, 6.45) is 3.29. The van der Waals surface area contributed by atoms with Crippen molar-refractivity contribution in [3.63, 3.8) is 0 Å². The lowest BCUT2D eigenvalue weighted by Crippen LogP contribution is -2.44. The van der Waals surface area contributed by atoms with Crippen LogP contribution in [0.1, 0.15) is 59.1 Å². The summed E-state index contributed by atoms with van der Waals surface area (Å²) in [4.78, 5) is 30.9. The molecule has 2 aromatic heterocycles. The molecule has 0 radical (unpaired) electrons. The van der Waals surface area contributed by atoms with E-state index < -0.39 is 11.6 Å². The van der Waals surface area contributed by atoms with E-state index in [-0.39, 0.29) is 41.4 Å². The van der Waals surface area contributed by atoms with Gasteiger partial charge in [-0.15, -0.1) is 6.58 Å². The third-order valence-electron chi connectivity index (χ3n) is 8.05. The van der Waals surface area contributed by atoms with Crippen molar-refractivity contribution in [2.45, 2.75) is 57.8 Å². The number of aromatic nitrogens is 2. The molecule has 0 spiro atoms. The minimum absolute atomic E-state index is 0.0543. The Hall–Kier alpha value is -3.36. The van der Waals surface area contributed by atoms with Crippen molar-refractivity contribution in [3.8, 4) is 11.4 Å². The zero-order valence-electron chi connectivity index (χ0n) is 20.3. The van der Waals surface area contributed by atoms with Gasteiger partial charge in [0.2, 0.25) is 0 Å². The number of esters is 1. The Labute approximate surface area is 207 Å². The van der Waals surface area contributed by atoms with Gasteiger partial charge < -0.3 is 19.1 Å². The predicted octanol–water partition coefficient (Wildman–Crippen LogP) is 3.76. The van der Waals surface area contributed by atoms with E-state index in [1.807, 2.05) is 0 Å². The van der Waals surface area contributed by atoms with Crippen LogP contribution in [0.5, 0.6) is 0 Å². The van der Waals surface area contributed by atoms with Crippen molar-refractivity contribution in [2.75, 3.05) is 13.2 Å². The first kappa shape index (κ1) is 23.1. The summed E-state index contributed by atoms with van der Waals surface area (Å²) < 4.78 is 27.6. The summed E-state index contributed by atoms with van der Waals surface area (Å²) in [7, 11) is 0. The number of benzene rings is 1. The average Bonchev–Trinajstić information content (AvgIpc) is 3.24. The first-order chi connectivity index (χ1) is 17.3. The second-order valence-corrected chi connectivity index (χ2v) is 9.87. The lowest BCUT2D eigenvalue weighted by Gasteiger charge is -2.31. The van der Waals surface area contributed by atoms with Gasteiger partial charge in [0.15, 0.2) is 5.60 Å². The van der Waals surface area contributed by atoms with Crippen LogP contribution in [0.25, 0.3) is 22.3 Å². The molecule has 1 unspecified atom stereocenters. The summed E-state index contributed by atoms with van der Waals surface area (Å²) >= 11 is 0. The smallest absolute Gasteiger partial charge is 0.343 e. The van der Waals surface area contributed by atoms with E-state index in [2.05, 4.69) is 6.58 Å². The number of carbonyl (C=O) groups is 1. The fraction of sp³-hybridized carbons (Fsp3) is 0.393. The molecule has 2 atom stereocenters. The van der Waals surface area contributed by atoms with E-state index in [1.165, 1.54) is 6.07 Å². The molecule has 6 rings (SSSR count). The van der Waals surface area contributed by atoms with Gasteiger partial charge in [-0.25, -0.2) is 14.2 Å². The molecule has 3 aliphatic rings. The molecule has 0 saturated heterocycles. The molecule has 4 heterocycles. The van der Waals surface area contributed by atoms with E-state index in [1.54, 1.807) is 30.6 Å². The number of rotatable bonds is 5. The number of cyclic esters (lactones) is 1. The van der Waals surface area contributed by atoms with Crippen molar-refractivity contribution < 1.29 is 23.8 Å². The Kier molecular flexibility index (Phi) is 5.18. The van der Waals surface area contributed by atoms with Gasteiger partial charge in [-0.3, -0.25) is 4.79 Å². The molecule has 186 valence electrons. The highest BCUT2D eigenvalue weighted by Crippen LogP contribution is 2.46. The van der Waals surface area contributed by atoms with Crippen LogP contribution in [0.15, 0.2) is 29.6 Å². The van der Waals surface area contributed by atoms with Crippen LogP contribution in [-0.2, 0) is 39.4 Å². The minimum atomic E-state index is -1.90. The van der Waals surface area contributed by atoms with Crippen molar-refractivity contribution in [1.29, 1.82) is 0 Å². The van der Waals surface area contributed by atoms with Crippen molar-refractivity contribution in [1.82, 2.24) is 9.55 Å². The fourth-order valence-electron chi connectivity index (χ4n) is 6.11. The Morgan fingerprint density at radius 2 is 2.14 bits per heavy atom. The summed E-state index contributed by atoms with van der Waals surface area (Å²) in [6, 6.07) is 3.15. The van der Waals surface area contributed by atoms with Gasteiger partial charge in [-0.2, -0.15) is 0 Å². The second-order valence-electron chi connectivity index (χ2n) is 9.87. The number of pyridine rings is 2. The number of fused-ring (bicyclic) bond motifs is 5. The molecule has 0 bridgehead atoms. The van der Waals surface area contributed by atoms with Crippen LogP contribution in [0.4, 0.5) is 4.39 Å². The molecular formula is C28H27FN2O5. The number of carbonyl (C=O) groups excluding carboxylic acids is 1. The maximum absolute atomic E-state index is 14.9. The molecule has 3 aromatic rings. The van der Waals surface area contributed by atoms with Gasteiger partial charge in [-0.1, -0.05) is 13.0 Å². The molecule has 1 N–H and O–H groups in total. The largest absolute Gasteiger partial charge is 0.458 e. The average molecular weight is 491 g/mol. The van der Waals surface area contributed by atoms with E-state index in [4.69, 9.17) is 14.5 Å². The number of ether oxygens (including phenoxy) is 2. The number of aryl methyl sites for hydroxylation is 1. The van der Waals surface area contributed by atoms with E-state index in [0.717, 1.165) is 34.9 Å². The maximum atomic E-state index is 14.9. The van der Waals surface area contributed by atoms with Crippen LogP contribution in [0.3, 0.4) is 0 Å². The summed E-state index contributed by atoms with van der Waals surface area (Å²) in [5.41, 5.74) is 3.52. The molecule has 36 heavy (non-hydrogen) atoms. The molecule has 1 aliphatic carbocycles. The second kappa shape index (κ2) is 8.08. The van der Waals surface area contributed by atoms with Crippen LogP contribution in [-0.4, -0.2) is 33.8 Å². The van der Waals surface area contributed by atoms with Gasteiger partial charge in [0.05, 0.1) is 42.2 Å². The normalized spacial score (nSPS) is 21.7. The quantitative estimate of drug-likeness (QED) is 0.260. The van der Waals surface area contributed by atoms with Crippen LogP contribution >= 0.6 is 0 Å². The third kappa shape index (κ3) is 3.01. The number of halogens is 1. The molecule has 8 heteroatoms. The summed E-state index contributed by atoms with van der Waals surface area (Å²) in [5, 5.41) is 12.1. The molecule has 7 nitrogen and oxygen atoms in total. The monoisotopic (exact) mass is 490 g/mol. The predicted molar refractivity (Wildman–Crippen MR) is 131 cm³/mol. The summed E-state index contributed by atoms with van der Waals surface area (Å²) in [6.45, 7) is 8.23. The van der Waals surface area contributed by atoms with Gasteiger partial charge in [0, 0.05) is 28.5 Å². The van der Waals surface area contributed by atoms with Crippen LogP contribution in [0.2, 0.25) is 0 Å².